The summed E-state index contributed by atoms with van der Waals surface area (Å²) in [4.78, 5) is 10.2. The van der Waals surface area contributed by atoms with Crippen molar-refractivity contribution < 1.29 is 9.34 Å². The molecule has 2 aromatic carbocycles. The lowest BCUT2D eigenvalue weighted by Gasteiger charge is -2.06. The predicted molar refractivity (Wildman–Crippen MR) is 97.4 cm³/mol. The van der Waals surface area contributed by atoms with E-state index in [0.717, 1.165) is 29.3 Å². The Hall–Kier alpha value is -3.12. The van der Waals surface area contributed by atoms with Gasteiger partial charge in [0.25, 0.3) is 5.69 Å². The normalized spacial score (nSPS) is 10.6. The van der Waals surface area contributed by atoms with Crippen molar-refractivity contribution in [3.63, 3.8) is 0 Å². The third-order valence-corrected chi connectivity index (χ3v) is 3.73. The van der Waals surface area contributed by atoms with Crippen molar-refractivity contribution in [3.05, 3.63) is 82.6 Å². The van der Waals surface area contributed by atoms with Crippen molar-refractivity contribution in [3.8, 4) is 11.3 Å². The molecule has 0 atom stereocenters. The summed E-state index contributed by atoms with van der Waals surface area (Å²) in [7, 11) is 0. The van der Waals surface area contributed by atoms with Crippen molar-refractivity contribution in [1.82, 2.24) is 5.32 Å². The van der Waals surface area contributed by atoms with E-state index in [-0.39, 0.29) is 5.69 Å². The molecule has 0 saturated carbocycles. The van der Waals surface area contributed by atoms with Gasteiger partial charge < -0.3 is 15.1 Å². The second kappa shape index (κ2) is 8.12. The van der Waals surface area contributed by atoms with Gasteiger partial charge in [-0.25, -0.2) is 0 Å². The second-order valence-corrected chi connectivity index (χ2v) is 5.54. The molecule has 0 aliphatic heterocycles. The number of nitro groups is 1. The molecule has 0 aliphatic carbocycles. The number of nitrogens with zero attached hydrogens (tertiary/aromatic N) is 1. The van der Waals surface area contributed by atoms with E-state index in [4.69, 9.17) is 4.42 Å². The van der Waals surface area contributed by atoms with Crippen LogP contribution in [-0.4, -0.2) is 18.0 Å². The molecule has 128 valence electrons. The van der Waals surface area contributed by atoms with Gasteiger partial charge in [0.15, 0.2) is 0 Å². The first kappa shape index (κ1) is 16.7. The van der Waals surface area contributed by atoms with E-state index >= 15 is 0 Å². The minimum atomic E-state index is -0.404. The van der Waals surface area contributed by atoms with Gasteiger partial charge in [-0.2, -0.15) is 0 Å². The number of anilines is 1. The molecule has 0 fully saturated rings. The van der Waals surface area contributed by atoms with Crippen molar-refractivity contribution in [2.75, 3.05) is 18.4 Å². The second-order valence-electron chi connectivity index (χ2n) is 5.54. The molecule has 25 heavy (non-hydrogen) atoms. The molecule has 1 heterocycles. The number of benzene rings is 2. The van der Waals surface area contributed by atoms with Gasteiger partial charge in [0.2, 0.25) is 0 Å². The molecule has 0 radical (unpaired) electrons. The predicted octanol–water partition coefficient (Wildman–Crippen LogP) is 4.06. The maximum Gasteiger partial charge on any atom is 0.269 e. The van der Waals surface area contributed by atoms with Gasteiger partial charge in [0, 0.05) is 36.5 Å². The molecule has 6 nitrogen and oxygen atoms in total. The third-order valence-electron chi connectivity index (χ3n) is 3.73. The SMILES string of the molecule is O=[N+]([O-])c1ccc(NCCNCc2ccc(-c3ccccc3)o2)cc1. The van der Waals surface area contributed by atoms with Gasteiger partial charge in [-0.1, -0.05) is 30.3 Å². The van der Waals surface area contributed by atoms with Crippen LogP contribution in [0, 0.1) is 10.1 Å². The van der Waals surface area contributed by atoms with Crippen LogP contribution in [0.1, 0.15) is 5.76 Å². The van der Waals surface area contributed by atoms with Crippen molar-refractivity contribution >= 4 is 11.4 Å². The lowest BCUT2D eigenvalue weighted by atomic mass is 10.2. The van der Waals surface area contributed by atoms with Gasteiger partial charge in [-0.15, -0.1) is 0 Å². The van der Waals surface area contributed by atoms with Crippen LogP contribution >= 0.6 is 0 Å². The first-order valence-electron chi connectivity index (χ1n) is 8.05. The molecule has 0 aliphatic rings. The van der Waals surface area contributed by atoms with Crippen LogP contribution in [-0.2, 0) is 6.54 Å². The summed E-state index contributed by atoms with van der Waals surface area (Å²) in [5, 5.41) is 17.1. The summed E-state index contributed by atoms with van der Waals surface area (Å²) in [6, 6.07) is 20.3. The number of nitrogens with one attached hydrogen (secondary N) is 2. The molecule has 1 aromatic heterocycles. The molecule has 3 aromatic rings. The maximum absolute atomic E-state index is 10.6. The lowest BCUT2D eigenvalue weighted by molar-refractivity contribution is -0.384. The molecule has 0 spiro atoms. The summed E-state index contributed by atoms with van der Waals surface area (Å²) >= 11 is 0. The number of hydrogen-bond acceptors (Lipinski definition) is 5. The van der Waals surface area contributed by atoms with E-state index in [9.17, 15) is 10.1 Å². The average Bonchev–Trinajstić information content (AvgIpc) is 3.11. The summed E-state index contributed by atoms with van der Waals surface area (Å²) < 4.78 is 5.82. The quantitative estimate of drug-likeness (QED) is 0.368. The highest BCUT2D eigenvalue weighted by atomic mass is 16.6. The summed E-state index contributed by atoms with van der Waals surface area (Å²) in [6.07, 6.45) is 0. The van der Waals surface area contributed by atoms with E-state index in [2.05, 4.69) is 10.6 Å². The molecule has 2 N–H and O–H groups in total. The maximum atomic E-state index is 10.6. The molecule has 3 rings (SSSR count). The first-order valence-corrected chi connectivity index (χ1v) is 8.05. The molecular formula is C19H19N3O3. The Balaban J connectivity index is 1.40. The Morgan fingerprint density at radius 2 is 1.68 bits per heavy atom. The standard InChI is InChI=1S/C19H19N3O3/c23-22(24)17-8-6-16(7-9-17)21-13-12-20-14-18-10-11-19(25-18)15-4-2-1-3-5-15/h1-11,20-21H,12-14H2. The van der Waals surface area contributed by atoms with E-state index in [0.29, 0.717) is 13.1 Å². The zero-order valence-electron chi connectivity index (χ0n) is 13.6. The molecule has 0 unspecified atom stereocenters. The Labute approximate surface area is 145 Å². The largest absolute Gasteiger partial charge is 0.460 e. The van der Waals surface area contributed by atoms with Gasteiger partial charge >= 0.3 is 0 Å². The Morgan fingerprint density at radius 3 is 2.40 bits per heavy atom. The number of nitro benzene ring substituents is 1. The van der Waals surface area contributed by atoms with Crippen LogP contribution in [0.25, 0.3) is 11.3 Å². The highest BCUT2D eigenvalue weighted by molar-refractivity contribution is 5.57. The topological polar surface area (TPSA) is 80.3 Å². The Morgan fingerprint density at radius 1 is 0.920 bits per heavy atom. The fourth-order valence-electron chi connectivity index (χ4n) is 2.44. The zero-order chi connectivity index (χ0) is 17.5. The Kier molecular flexibility index (Phi) is 5.43. The minimum absolute atomic E-state index is 0.0933. The highest BCUT2D eigenvalue weighted by Crippen LogP contribution is 2.21. The fraction of sp³-hybridized carbons (Fsp3) is 0.158. The lowest BCUT2D eigenvalue weighted by Crippen LogP contribution is -2.21. The highest BCUT2D eigenvalue weighted by Gasteiger charge is 2.05. The zero-order valence-corrected chi connectivity index (χ0v) is 13.6. The van der Waals surface area contributed by atoms with Crippen LogP contribution in [0.2, 0.25) is 0 Å². The third kappa shape index (κ3) is 4.68. The number of furan rings is 1. The molecule has 0 saturated heterocycles. The molecule has 6 heteroatoms. The van der Waals surface area contributed by atoms with Crippen LogP contribution in [0.5, 0.6) is 0 Å². The summed E-state index contributed by atoms with van der Waals surface area (Å²) in [5.41, 5.74) is 2.01. The van der Waals surface area contributed by atoms with Crippen molar-refractivity contribution in [2.24, 2.45) is 0 Å². The number of rotatable bonds is 8. The molecule has 0 bridgehead atoms. The first-order chi connectivity index (χ1) is 12.2. The van der Waals surface area contributed by atoms with Gasteiger partial charge in [-0.3, -0.25) is 10.1 Å². The van der Waals surface area contributed by atoms with Gasteiger partial charge in [-0.05, 0) is 24.3 Å². The molecule has 0 amide bonds. The van der Waals surface area contributed by atoms with E-state index in [1.807, 2.05) is 42.5 Å². The fourth-order valence-corrected chi connectivity index (χ4v) is 2.44. The van der Waals surface area contributed by atoms with Gasteiger partial charge in [0.1, 0.15) is 11.5 Å². The van der Waals surface area contributed by atoms with E-state index in [1.54, 1.807) is 12.1 Å². The van der Waals surface area contributed by atoms with Gasteiger partial charge in [0.05, 0.1) is 11.5 Å². The van der Waals surface area contributed by atoms with Crippen molar-refractivity contribution in [1.29, 1.82) is 0 Å². The van der Waals surface area contributed by atoms with Crippen LogP contribution in [0.15, 0.2) is 71.1 Å². The monoisotopic (exact) mass is 337 g/mol. The Bertz CT molecular complexity index is 813. The summed E-state index contributed by atoms with van der Waals surface area (Å²) in [5.74, 6) is 1.75. The number of non-ortho nitro benzene ring substituents is 1. The van der Waals surface area contributed by atoms with E-state index in [1.165, 1.54) is 12.1 Å². The van der Waals surface area contributed by atoms with Crippen molar-refractivity contribution in [2.45, 2.75) is 6.54 Å². The van der Waals surface area contributed by atoms with Crippen LogP contribution in [0.3, 0.4) is 0 Å². The van der Waals surface area contributed by atoms with E-state index < -0.39 is 4.92 Å². The van der Waals surface area contributed by atoms with Crippen LogP contribution in [0.4, 0.5) is 11.4 Å². The minimum Gasteiger partial charge on any atom is -0.460 e. The smallest absolute Gasteiger partial charge is 0.269 e. The average molecular weight is 337 g/mol. The summed E-state index contributed by atoms with van der Waals surface area (Å²) in [6.45, 7) is 2.11. The molecular weight excluding hydrogens is 318 g/mol. The number of hydrogen-bond donors (Lipinski definition) is 2. The van der Waals surface area contributed by atoms with Crippen LogP contribution < -0.4 is 10.6 Å².